The maximum absolute atomic E-state index is 12.7. The van der Waals surface area contributed by atoms with Gasteiger partial charge in [-0.15, -0.1) is 11.3 Å². The van der Waals surface area contributed by atoms with Crippen molar-refractivity contribution < 1.29 is 18.7 Å². The number of benzene rings is 1. The van der Waals surface area contributed by atoms with Crippen LogP contribution in [0.4, 0.5) is 5.00 Å². The molecule has 0 bridgehead atoms. The molecular weight excluding hydrogens is 350 g/mol. The van der Waals surface area contributed by atoms with E-state index in [0.717, 1.165) is 36.6 Å². The van der Waals surface area contributed by atoms with Crippen molar-refractivity contribution in [2.75, 3.05) is 11.9 Å². The predicted molar refractivity (Wildman–Crippen MR) is 101 cm³/mol. The summed E-state index contributed by atoms with van der Waals surface area (Å²) in [6.07, 6.45) is 3.94. The summed E-state index contributed by atoms with van der Waals surface area (Å²) in [7, 11) is 0. The van der Waals surface area contributed by atoms with Crippen LogP contribution in [0.2, 0.25) is 0 Å². The van der Waals surface area contributed by atoms with Crippen molar-refractivity contribution in [3.05, 3.63) is 52.1 Å². The third-order valence-corrected chi connectivity index (χ3v) is 5.73. The number of hydrogen-bond acceptors (Lipinski definition) is 5. The zero-order valence-electron chi connectivity index (χ0n) is 14.5. The fraction of sp³-hybridized carbons (Fsp3) is 0.300. The van der Waals surface area contributed by atoms with Gasteiger partial charge in [0.05, 0.1) is 12.2 Å². The summed E-state index contributed by atoms with van der Waals surface area (Å²) < 4.78 is 10.8. The molecule has 5 nitrogen and oxygen atoms in total. The van der Waals surface area contributed by atoms with Crippen LogP contribution in [0.3, 0.4) is 0 Å². The van der Waals surface area contributed by atoms with Gasteiger partial charge in [0.2, 0.25) is 0 Å². The molecular formula is C20H19NO4S. The number of fused-ring (bicyclic) bond motifs is 2. The van der Waals surface area contributed by atoms with E-state index in [9.17, 15) is 9.59 Å². The summed E-state index contributed by atoms with van der Waals surface area (Å²) >= 11 is 1.47. The summed E-state index contributed by atoms with van der Waals surface area (Å²) in [5.74, 6) is -0.496. The molecule has 0 spiro atoms. The normalized spacial score (nSPS) is 13.4. The molecule has 0 atom stereocenters. The standard InChI is InChI=1S/C20H19NO4S/c1-2-24-20(23)17-13-8-4-6-10-16(13)26-19(17)21-18(22)15-11-12-7-3-5-9-14(12)25-15/h3,5,7,9,11H,2,4,6,8,10H2,1H3,(H,21,22). The Balaban J connectivity index is 1.67. The largest absolute Gasteiger partial charge is 0.462 e. The maximum atomic E-state index is 12.7. The first kappa shape index (κ1) is 16.8. The van der Waals surface area contributed by atoms with Crippen LogP contribution in [-0.2, 0) is 17.6 Å². The van der Waals surface area contributed by atoms with Gasteiger partial charge in [-0.05, 0) is 50.3 Å². The van der Waals surface area contributed by atoms with Crippen molar-refractivity contribution in [3.8, 4) is 0 Å². The van der Waals surface area contributed by atoms with Crippen LogP contribution in [0.1, 0.15) is 51.1 Å². The Morgan fingerprint density at radius 1 is 1.23 bits per heavy atom. The van der Waals surface area contributed by atoms with E-state index in [1.165, 1.54) is 16.2 Å². The summed E-state index contributed by atoms with van der Waals surface area (Å²) in [6.45, 7) is 2.09. The van der Waals surface area contributed by atoms with Crippen LogP contribution in [-0.4, -0.2) is 18.5 Å². The number of anilines is 1. The highest BCUT2D eigenvalue weighted by molar-refractivity contribution is 7.17. The van der Waals surface area contributed by atoms with E-state index in [-0.39, 0.29) is 17.6 Å². The van der Waals surface area contributed by atoms with Gasteiger partial charge in [-0.1, -0.05) is 18.2 Å². The zero-order chi connectivity index (χ0) is 18.1. The molecule has 1 aromatic carbocycles. The van der Waals surface area contributed by atoms with Crippen LogP contribution in [0, 0.1) is 0 Å². The van der Waals surface area contributed by atoms with Crippen LogP contribution in [0.25, 0.3) is 11.0 Å². The lowest BCUT2D eigenvalue weighted by atomic mass is 9.95. The Kier molecular flexibility index (Phi) is 4.51. The van der Waals surface area contributed by atoms with Gasteiger partial charge < -0.3 is 14.5 Å². The lowest BCUT2D eigenvalue weighted by Crippen LogP contribution is -2.15. The minimum absolute atomic E-state index is 0.229. The smallest absolute Gasteiger partial charge is 0.341 e. The van der Waals surface area contributed by atoms with Gasteiger partial charge in [0.25, 0.3) is 5.91 Å². The second-order valence-corrected chi connectivity index (χ2v) is 7.34. The number of furan rings is 1. The SMILES string of the molecule is CCOC(=O)c1c(NC(=O)c2cc3ccccc3o2)sc2c1CCCC2. The number of para-hydroxylation sites is 1. The summed E-state index contributed by atoms with van der Waals surface area (Å²) in [6, 6.07) is 9.18. The highest BCUT2D eigenvalue weighted by Crippen LogP contribution is 2.39. The van der Waals surface area contributed by atoms with E-state index in [4.69, 9.17) is 9.15 Å². The van der Waals surface area contributed by atoms with Crippen LogP contribution in [0.15, 0.2) is 34.7 Å². The first-order valence-corrected chi connectivity index (χ1v) is 9.60. The summed E-state index contributed by atoms with van der Waals surface area (Å²) in [4.78, 5) is 26.3. The van der Waals surface area contributed by atoms with Crippen molar-refractivity contribution in [2.24, 2.45) is 0 Å². The first-order chi connectivity index (χ1) is 12.7. The van der Waals surface area contributed by atoms with E-state index >= 15 is 0 Å². The third kappa shape index (κ3) is 3.01. The van der Waals surface area contributed by atoms with E-state index in [1.807, 2.05) is 24.3 Å². The molecule has 0 unspecified atom stereocenters. The Hall–Kier alpha value is -2.60. The molecule has 2 heterocycles. The molecule has 4 rings (SSSR count). The molecule has 6 heteroatoms. The molecule has 1 N–H and O–H groups in total. The van der Waals surface area contributed by atoms with Crippen molar-refractivity contribution in [1.82, 2.24) is 0 Å². The van der Waals surface area contributed by atoms with Crippen LogP contribution in [0.5, 0.6) is 0 Å². The number of amides is 1. The summed E-state index contributed by atoms with van der Waals surface area (Å²) in [5, 5.41) is 4.29. The van der Waals surface area contributed by atoms with Gasteiger partial charge in [0, 0.05) is 10.3 Å². The van der Waals surface area contributed by atoms with Crippen LogP contribution < -0.4 is 5.32 Å². The first-order valence-electron chi connectivity index (χ1n) is 8.79. The molecule has 134 valence electrons. The number of ether oxygens (including phenoxy) is 1. The Morgan fingerprint density at radius 2 is 2.04 bits per heavy atom. The number of carbonyl (C=O) groups excluding carboxylic acids is 2. The number of nitrogens with one attached hydrogen (secondary N) is 1. The van der Waals surface area contributed by atoms with E-state index in [0.29, 0.717) is 22.8 Å². The Bertz CT molecular complexity index is 952. The molecule has 2 aromatic heterocycles. The molecule has 0 fully saturated rings. The van der Waals surface area contributed by atoms with E-state index in [1.54, 1.807) is 13.0 Å². The quantitative estimate of drug-likeness (QED) is 0.671. The molecule has 0 aliphatic heterocycles. The van der Waals surface area contributed by atoms with Gasteiger partial charge in [-0.3, -0.25) is 4.79 Å². The van der Waals surface area contributed by atoms with Gasteiger partial charge in [0.1, 0.15) is 10.6 Å². The minimum atomic E-state index is -0.369. The number of thiophene rings is 1. The molecule has 26 heavy (non-hydrogen) atoms. The third-order valence-electron chi connectivity index (χ3n) is 4.53. The maximum Gasteiger partial charge on any atom is 0.341 e. The second-order valence-electron chi connectivity index (χ2n) is 6.24. The topological polar surface area (TPSA) is 68.5 Å². The number of esters is 1. The number of rotatable bonds is 4. The number of hydrogen-bond donors (Lipinski definition) is 1. The zero-order valence-corrected chi connectivity index (χ0v) is 15.3. The molecule has 0 saturated carbocycles. The minimum Gasteiger partial charge on any atom is -0.462 e. The van der Waals surface area contributed by atoms with Crippen molar-refractivity contribution in [2.45, 2.75) is 32.6 Å². The fourth-order valence-corrected chi connectivity index (χ4v) is 4.60. The Morgan fingerprint density at radius 3 is 2.85 bits per heavy atom. The number of aryl methyl sites for hydroxylation is 1. The fourth-order valence-electron chi connectivity index (χ4n) is 3.33. The second kappa shape index (κ2) is 6.96. The lowest BCUT2D eigenvalue weighted by molar-refractivity contribution is 0.0526. The molecule has 1 aliphatic rings. The average molecular weight is 369 g/mol. The number of carbonyl (C=O) groups is 2. The lowest BCUT2D eigenvalue weighted by Gasteiger charge is -2.12. The van der Waals surface area contributed by atoms with Crippen LogP contribution >= 0.6 is 11.3 Å². The monoisotopic (exact) mass is 369 g/mol. The van der Waals surface area contributed by atoms with E-state index in [2.05, 4.69) is 5.32 Å². The predicted octanol–water partition coefficient (Wildman–Crippen LogP) is 4.80. The summed E-state index contributed by atoms with van der Waals surface area (Å²) in [5.41, 5.74) is 2.20. The van der Waals surface area contributed by atoms with Gasteiger partial charge >= 0.3 is 5.97 Å². The highest BCUT2D eigenvalue weighted by atomic mass is 32.1. The molecule has 0 radical (unpaired) electrons. The molecule has 0 saturated heterocycles. The Labute approximate surface area is 155 Å². The van der Waals surface area contributed by atoms with E-state index < -0.39 is 0 Å². The van der Waals surface area contributed by atoms with Crippen molar-refractivity contribution >= 4 is 39.2 Å². The van der Waals surface area contributed by atoms with Gasteiger partial charge in [-0.2, -0.15) is 0 Å². The highest BCUT2D eigenvalue weighted by Gasteiger charge is 2.28. The molecule has 3 aromatic rings. The van der Waals surface area contributed by atoms with Crippen molar-refractivity contribution in [3.63, 3.8) is 0 Å². The van der Waals surface area contributed by atoms with Crippen molar-refractivity contribution in [1.29, 1.82) is 0 Å². The molecule has 1 amide bonds. The molecule has 1 aliphatic carbocycles. The van der Waals surface area contributed by atoms with Gasteiger partial charge in [-0.25, -0.2) is 4.79 Å². The average Bonchev–Trinajstić information content (AvgIpc) is 3.22. The van der Waals surface area contributed by atoms with Gasteiger partial charge in [0.15, 0.2) is 5.76 Å².